The molecule has 0 aromatic heterocycles. The highest BCUT2D eigenvalue weighted by atomic mass is 35.5. The van der Waals surface area contributed by atoms with Crippen molar-refractivity contribution in [3.63, 3.8) is 0 Å². The van der Waals surface area contributed by atoms with Gasteiger partial charge in [-0.25, -0.2) is 0 Å². The molecule has 1 aromatic rings. The van der Waals surface area contributed by atoms with Crippen LogP contribution < -0.4 is 5.32 Å². The second-order valence-corrected chi connectivity index (χ2v) is 5.86. The Kier molecular flexibility index (Phi) is 4.60. The molecule has 2 atom stereocenters. The van der Waals surface area contributed by atoms with Crippen LogP contribution in [0, 0.1) is 23.0 Å². The minimum atomic E-state index is -0.448. The van der Waals surface area contributed by atoms with Crippen LogP contribution in [0.3, 0.4) is 0 Å². The monoisotopic (exact) mass is 296 g/mol. The Morgan fingerprint density at radius 1 is 1.50 bits per heavy atom. The minimum Gasteiger partial charge on any atom is -0.352 e. The van der Waals surface area contributed by atoms with Crippen molar-refractivity contribution < 1.29 is 9.72 Å². The Hall–Kier alpha value is -1.62. The molecule has 0 saturated heterocycles. The number of rotatable bonds is 4. The van der Waals surface area contributed by atoms with E-state index in [-0.39, 0.29) is 17.0 Å². The third-order valence-electron chi connectivity index (χ3n) is 3.68. The molecular weight excluding hydrogens is 280 g/mol. The van der Waals surface area contributed by atoms with Gasteiger partial charge in [0, 0.05) is 29.1 Å². The van der Waals surface area contributed by atoms with E-state index in [9.17, 15) is 14.9 Å². The number of hydrogen-bond donors (Lipinski definition) is 1. The lowest BCUT2D eigenvalue weighted by Crippen LogP contribution is -2.28. The van der Waals surface area contributed by atoms with E-state index in [1.165, 1.54) is 12.1 Å². The van der Waals surface area contributed by atoms with E-state index in [0.29, 0.717) is 23.6 Å². The van der Waals surface area contributed by atoms with E-state index < -0.39 is 4.92 Å². The zero-order valence-electron chi connectivity index (χ0n) is 11.3. The minimum absolute atomic E-state index is 0.0299. The van der Waals surface area contributed by atoms with Crippen molar-refractivity contribution in [2.75, 3.05) is 6.54 Å². The summed E-state index contributed by atoms with van der Waals surface area (Å²) in [5.41, 5.74) is 0.972. The fourth-order valence-corrected chi connectivity index (χ4v) is 2.92. The lowest BCUT2D eigenvalue weighted by molar-refractivity contribution is -0.385. The van der Waals surface area contributed by atoms with Gasteiger partial charge in [0.05, 0.1) is 4.92 Å². The molecule has 1 aliphatic carbocycles. The summed E-state index contributed by atoms with van der Waals surface area (Å²) in [6, 6.07) is 4.40. The Balaban J connectivity index is 1.95. The Labute approximate surface area is 122 Å². The fraction of sp³-hybridized carbons (Fsp3) is 0.500. The van der Waals surface area contributed by atoms with Crippen LogP contribution in [0.25, 0.3) is 0 Å². The zero-order valence-corrected chi connectivity index (χ0v) is 12.0. The Morgan fingerprint density at radius 2 is 2.25 bits per heavy atom. The Morgan fingerprint density at radius 3 is 2.80 bits per heavy atom. The number of carbonyl (C=O) groups is 1. The van der Waals surface area contributed by atoms with Crippen molar-refractivity contribution in [3.05, 3.63) is 39.4 Å². The second kappa shape index (κ2) is 6.22. The molecule has 0 aliphatic heterocycles. The lowest BCUT2D eigenvalue weighted by Gasteiger charge is -2.11. The van der Waals surface area contributed by atoms with Gasteiger partial charge < -0.3 is 5.32 Å². The zero-order chi connectivity index (χ0) is 14.7. The molecular formula is C14H17ClN2O3. The predicted molar refractivity (Wildman–Crippen MR) is 77.1 cm³/mol. The van der Waals surface area contributed by atoms with Crippen LogP contribution in [-0.4, -0.2) is 22.8 Å². The summed E-state index contributed by atoms with van der Waals surface area (Å²) in [5, 5.41) is 13.8. The van der Waals surface area contributed by atoms with Crippen molar-refractivity contribution in [1.29, 1.82) is 0 Å². The summed E-state index contributed by atoms with van der Waals surface area (Å²) in [4.78, 5) is 22.3. The first-order valence-electron chi connectivity index (χ1n) is 6.64. The quantitative estimate of drug-likeness (QED) is 0.527. The molecule has 6 heteroatoms. The number of hydrogen-bond acceptors (Lipinski definition) is 3. The summed E-state index contributed by atoms with van der Waals surface area (Å²) >= 11 is 6.03. The number of halogens is 1. The third-order valence-corrected chi connectivity index (χ3v) is 4.08. The normalized spacial score (nSPS) is 21.7. The number of nitrogens with one attached hydrogen (secondary N) is 1. The first kappa shape index (κ1) is 14.8. The van der Waals surface area contributed by atoms with Gasteiger partial charge >= 0.3 is 0 Å². The number of amides is 1. The van der Waals surface area contributed by atoms with Crippen LogP contribution in [0.15, 0.2) is 18.2 Å². The van der Waals surface area contributed by atoms with E-state index in [1.54, 1.807) is 13.0 Å². The number of alkyl halides is 1. The second-order valence-electron chi connectivity index (χ2n) is 5.24. The van der Waals surface area contributed by atoms with Crippen molar-refractivity contribution >= 4 is 23.2 Å². The molecule has 0 spiro atoms. The van der Waals surface area contributed by atoms with Gasteiger partial charge in [0.15, 0.2) is 0 Å². The molecule has 1 saturated carbocycles. The van der Waals surface area contributed by atoms with E-state index in [0.717, 1.165) is 19.3 Å². The van der Waals surface area contributed by atoms with Gasteiger partial charge in [-0.05, 0) is 44.2 Å². The van der Waals surface area contributed by atoms with Gasteiger partial charge in [0.25, 0.3) is 11.6 Å². The summed E-state index contributed by atoms with van der Waals surface area (Å²) in [7, 11) is 0. The highest BCUT2D eigenvalue weighted by molar-refractivity contribution is 6.20. The van der Waals surface area contributed by atoms with E-state index in [4.69, 9.17) is 11.6 Å². The molecule has 1 aromatic carbocycles. The summed E-state index contributed by atoms with van der Waals surface area (Å²) < 4.78 is 0. The maximum atomic E-state index is 12.0. The summed E-state index contributed by atoms with van der Waals surface area (Å²) in [6.07, 6.45) is 2.97. The van der Waals surface area contributed by atoms with Crippen LogP contribution in [-0.2, 0) is 0 Å². The predicted octanol–water partition coefficient (Wildman–Crippen LogP) is 3.04. The van der Waals surface area contributed by atoms with Crippen LogP contribution in [0.1, 0.15) is 35.2 Å². The highest BCUT2D eigenvalue weighted by Crippen LogP contribution is 2.28. The molecule has 1 amide bonds. The van der Waals surface area contributed by atoms with Crippen LogP contribution in [0.2, 0.25) is 0 Å². The highest BCUT2D eigenvalue weighted by Gasteiger charge is 2.23. The van der Waals surface area contributed by atoms with Crippen LogP contribution in [0.5, 0.6) is 0 Å². The van der Waals surface area contributed by atoms with Gasteiger partial charge in [0.2, 0.25) is 0 Å². The van der Waals surface area contributed by atoms with Gasteiger partial charge in [-0.2, -0.15) is 0 Å². The average Bonchev–Trinajstić information content (AvgIpc) is 2.81. The van der Waals surface area contributed by atoms with E-state index in [1.807, 2.05) is 0 Å². The number of carbonyl (C=O) groups excluding carboxylic acids is 1. The number of nitro groups is 1. The molecule has 1 N–H and O–H groups in total. The first-order chi connectivity index (χ1) is 9.47. The molecule has 0 radical (unpaired) electrons. The first-order valence-corrected chi connectivity index (χ1v) is 7.08. The molecule has 2 rings (SSSR count). The van der Waals surface area contributed by atoms with Gasteiger partial charge in [-0.3, -0.25) is 14.9 Å². The van der Waals surface area contributed by atoms with Gasteiger partial charge in [0.1, 0.15) is 0 Å². The van der Waals surface area contributed by atoms with Crippen LogP contribution >= 0.6 is 11.6 Å². The van der Waals surface area contributed by atoms with Crippen molar-refractivity contribution in [3.8, 4) is 0 Å². The largest absolute Gasteiger partial charge is 0.352 e. The standard InChI is InChI=1S/C14H17ClN2O3/c1-9-6-11(3-5-13(9)17(19)20)14(18)16-8-10-2-4-12(15)7-10/h3,5-6,10,12H,2,4,7-8H2,1H3,(H,16,18). The molecule has 2 unspecified atom stereocenters. The molecule has 1 aliphatic rings. The number of aryl methyl sites for hydroxylation is 1. The van der Waals surface area contributed by atoms with Crippen molar-refractivity contribution in [1.82, 2.24) is 5.32 Å². The smallest absolute Gasteiger partial charge is 0.272 e. The maximum Gasteiger partial charge on any atom is 0.272 e. The molecule has 20 heavy (non-hydrogen) atoms. The van der Waals surface area contributed by atoms with Gasteiger partial charge in [-0.15, -0.1) is 11.6 Å². The topological polar surface area (TPSA) is 72.2 Å². The number of nitro benzene ring substituents is 1. The lowest BCUT2D eigenvalue weighted by atomic mass is 10.1. The molecule has 0 bridgehead atoms. The summed E-state index contributed by atoms with van der Waals surface area (Å²) in [6.45, 7) is 2.24. The molecule has 5 nitrogen and oxygen atoms in total. The van der Waals surface area contributed by atoms with Crippen molar-refractivity contribution in [2.45, 2.75) is 31.6 Å². The van der Waals surface area contributed by atoms with Crippen LogP contribution in [0.4, 0.5) is 5.69 Å². The number of nitrogens with zero attached hydrogens (tertiary/aromatic N) is 1. The molecule has 1 fully saturated rings. The summed E-state index contributed by atoms with van der Waals surface area (Å²) in [5.74, 6) is 0.238. The molecule has 108 valence electrons. The SMILES string of the molecule is Cc1cc(C(=O)NCC2CCC(Cl)C2)ccc1[N+](=O)[O-]. The van der Waals surface area contributed by atoms with E-state index >= 15 is 0 Å². The van der Waals surface area contributed by atoms with Gasteiger partial charge in [-0.1, -0.05) is 0 Å². The maximum absolute atomic E-state index is 12.0. The van der Waals surface area contributed by atoms with Crippen molar-refractivity contribution in [2.24, 2.45) is 5.92 Å². The average molecular weight is 297 g/mol. The Bertz CT molecular complexity index is 533. The molecule has 0 heterocycles. The third kappa shape index (κ3) is 3.48. The fourth-order valence-electron chi connectivity index (χ4n) is 2.54. The number of benzene rings is 1. The van der Waals surface area contributed by atoms with E-state index in [2.05, 4.69) is 5.32 Å².